The van der Waals surface area contributed by atoms with E-state index < -0.39 is 107 Å². The molecule has 2 aliphatic rings. The zero-order valence-corrected chi connectivity index (χ0v) is 42.6. The van der Waals surface area contributed by atoms with Gasteiger partial charge in [0.1, 0.15) is 31.0 Å². The molecule has 0 aromatic rings. The molecule has 0 fully saturated rings. The maximum Gasteiger partial charge on any atom is 0.472 e. The Kier molecular flexibility index (Phi) is 32.4. The molecule has 69 heavy (non-hydrogen) atoms. The van der Waals surface area contributed by atoms with Crippen LogP contribution in [-0.4, -0.2) is 120 Å². The highest BCUT2D eigenvalue weighted by Gasteiger charge is 2.50. The van der Waals surface area contributed by atoms with Gasteiger partial charge in [0.05, 0.1) is 30.8 Å². The molecule has 0 aromatic heterocycles. The van der Waals surface area contributed by atoms with Gasteiger partial charge >= 0.3 is 27.6 Å². The molecule has 11 atom stereocenters. The first-order valence-electron chi connectivity index (χ1n) is 25.2. The zero-order chi connectivity index (χ0) is 51.1. The van der Waals surface area contributed by atoms with Crippen LogP contribution in [-0.2, 0) is 46.6 Å². The van der Waals surface area contributed by atoms with E-state index in [0.717, 1.165) is 76.4 Å². The molecule has 1 heterocycles. The lowest BCUT2D eigenvalue weighted by Crippen LogP contribution is -2.56. The van der Waals surface area contributed by atoms with Crippen molar-refractivity contribution in [3.05, 3.63) is 48.6 Å². The van der Waals surface area contributed by atoms with E-state index in [4.69, 9.17) is 23.0 Å². The summed E-state index contributed by atoms with van der Waals surface area (Å²) in [5.74, 6) is -5.31. The topological polar surface area (TPSA) is 293 Å². The summed E-state index contributed by atoms with van der Waals surface area (Å²) >= 11 is 0. The van der Waals surface area contributed by atoms with Gasteiger partial charge in [-0.25, -0.2) is 9.13 Å². The van der Waals surface area contributed by atoms with Gasteiger partial charge < -0.3 is 49.7 Å². The van der Waals surface area contributed by atoms with Crippen LogP contribution in [0.4, 0.5) is 0 Å². The van der Waals surface area contributed by atoms with Crippen molar-refractivity contribution in [2.75, 3.05) is 13.2 Å². The van der Waals surface area contributed by atoms with Crippen molar-refractivity contribution in [2.45, 2.75) is 217 Å². The highest BCUT2D eigenvalue weighted by atomic mass is 31.2. The second-order valence-corrected chi connectivity index (χ2v) is 20.8. The van der Waals surface area contributed by atoms with E-state index >= 15 is 0 Å². The van der Waals surface area contributed by atoms with E-state index in [1.807, 2.05) is 6.92 Å². The Morgan fingerprint density at radius 2 is 1.43 bits per heavy atom. The molecular weight excluding hydrogens is 938 g/mol. The number of carbonyl (C=O) groups excluding carboxylic acids is 3. The molecule has 1 unspecified atom stereocenters. The van der Waals surface area contributed by atoms with Gasteiger partial charge in [-0.05, 0) is 63.9 Å². The maximum atomic E-state index is 13.8. The van der Waals surface area contributed by atoms with Crippen LogP contribution in [0.5, 0.6) is 0 Å². The number of rotatable bonds is 26. The third-order valence-corrected chi connectivity index (χ3v) is 13.6. The normalized spacial score (nSPS) is 29.8. The molecule has 0 aromatic carbocycles. The second kappa shape index (κ2) is 35.7. The summed E-state index contributed by atoms with van der Waals surface area (Å²) < 4.78 is 52.2. The smallest absolute Gasteiger partial charge is 0.462 e. The van der Waals surface area contributed by atoms with Crippen molar-refractivity contribution in [2.24, 2.45) is 11.8 Å². The Morgan fingerprint density at radius 1 is 0.826 bits per heavy atom. The summed E-state index contributed by atoms with van der Waals surface area (Å²) in [5.41, 5.74) is 0. The molecule has 20 heteroatoms. The third kappa shape index (κ3) is 27.8. The molecule has 8 N–H and O–H groups in total. The Hall–Kier alpha value is -2.41. The van der Waals surface area contributed by atoms with Crippen LogP contribution >= 0.6 is 15.6 Å². The maximum absolute atomic E-state index is 13.8. The number of unbranched alkanes of at least 4 members (excludes halogenated alkanes) is 15. The minimum Gasteiger partial charge on any atom is -0.462 e. The lowest BCUT2D eigenvalue weighted by Gasteiger charge is -2.38. The molecule has 0 saturated heterocycles. The summed E-state index contributed by atoms with van der Waals surface area (Å²) in [7, 11) is -11.4. The van der Waals surface area contributed by atoms with Gasteiger partial charge in [0.15, 0.2) is 11.9 Å². The van der Waals surface area contributed by atoms with E-state index in [9.17, 15) is 63.7 Å². The predicted octanol–water partition coefficient (Wildman–Crippen LogP) is 7.68. The van der Waals surface area contributed by atoms with Crippen LogP contribution in [0.2, 0.25) is 0 Å². The Balaban J connectivity index is 2.26. The van der Waals surface area contributed by atoms with Crippen molar-refractivity contribution >= 4 is 33.4 Å². The minimum atomic E-state index is -5.76. The fourth-order valence-electron chi connectivity index (χ4n) is 8.04. The average Bonchev–Trinajstić information content (AvgIpc) is 3.30. The molecule has 0 radical (unpaired) electrons. The summed E-state index contributed by atoms with van der Waals surface area (Å²) in [6, 6.07) is 0. The number of aliphatic hydroxyl groups excluding tert-OH is 5. The van der Waals surface area contributed by atoms with Gasteiger partial charge in [-0.1, -0.05) is 140 Å². The van der Waals surface area contributed by atoms with E-state index in [1.165, 1.54) is 50.7 Å². The molecule has 1 aliphatic heterocycles. The van der Waals surface area contributed by atoms with Gasteiger partial charge in [-0.15, -0.1) is 0 Å². The molecule has 18 nitrogen and oxygen atoms in total. The zero-order valence-electron chi connectivity index (χ0n) is 40.8. The van der Waals surface area contributed by atoms with Crippen LogP contribution in [0.15, 0.2) is 48.6 Å². The molecule has 2 rings (SSSR count). The molecule has 1 aliphatic carbocycles. The van der Waals surface area contributed by atoms with E-state index in [2.05, 4.69) is 19.1 Å². The highest BCUT2D eigenvalue weighted by molar-refractivity contribution is 7.47. The number of aliphatic hydroxyl groups is 5. The number of ketones is 1. The number of cyclic esters (lactones) is 1. The molecule has 0 amide bonds. The largest absolute Gasteiger partial charge is 0.472 e. The lowest BCUT2D eigenvalue weighted by atomic mass is 9.87. The quantitative estimate of drug-likeness (QED) is 0.0178. The van der Waals surface area contributed by atoms with Crippen LogP contribution in [0.3, 0.4) is 0 Å². The molecule has 398 valence electrons. The number of hydrogen-bond donors (Lipinski definition) is 8. The molecule has 0 spiro atoms. The van der Waals surface area contributed by atoms with Gasteiger partial charge in [0.25, 0.3) is 0 Å². The SMILES string of the molecule is CCCCCCCC/C=C\CCCCCCCCCC(=O)O[C@@H]1COC(=O)CCC/C=C\C[C@H]2/C=C\C(=O)[C@H](/C=C/[C@@H](O)CCCCC)[C@@H](O)[C@@H](OP(=O)(O)O)[C@@H](OP(=O)(O)OC1)[C@H](O)[C@@H](O)[C@@H]2O. The van der Waals surface area contributed by atoms with E-state index in [0.29, 0.717) is 25.7 Å². The average molecular weight is 1020 g/mol. The number of hydrogen-bond acceptors (Lipinski definition) is 15. The van der Waals surface area contributed by atoms with Gasteiger partial charge in [0.2, 0.25) is 0 Å². The molecule has 2 bridgehead atoms. The highest BCUT2D eigenvalue weighted by Crippen LogP contribution is 2.49. The van der Waals surface area contributed by atoms with E-state index in [1.54, 1.807) is 12.2 Å². The second-order valence-electron chi connectivity index (χ2n) is 18.2. The predicted molar refractivity (Wildman–Crippen MR) is 259 cm³/mol. The number of phosphoric ester groups is 2. The van der Waals surface area contributed by atoms with Crippen molar-refractivity contribution in [1.29, 1.82) is 0 Å². The van der Waals surface area contributed by atoms with Gasteiger partial charge in [-0.3, -0.25) is 28.0 Å². The van der Waals surface area contributed by atoms with Crippen molar-refractivity contribution in [3.63, 3.8) is 0 Å². The number of fused-ring (bicyclic) bond motifs is 4. The number of ether oxygens (including phenoxy) is 2. The van der Waals surface area contributed by atoms with Crippen LogP contribution in [0.1, 0.15) is 168 Å². The number of phosphoric acid groups is 2. The summed E-state index contributed by atoms with van der Waals surface area (Å²) in [5, 5.41) is 56.6. The molecular formula is C49H84O18P2. The summed E-state index contributed by atoms with van der Waals surface area (Å²) in [6.07, 6.45) is 14.3. The van der Waals surface area contributed by atoms with Crippen LogP contribution < -0.4 is 0 Å². The fourth-order valence-corrected chi connectivity index (χ4v) is 9.57. The number of allylic oxidation sites excluding steroid dienone is 5. The van der Waals surface area contributed by atoms with Crippen molar-refractivity contribution in [3.8, 4) is 0 Å². The molecule has 0 saturated carbocycles. The van der Waals surface area contributed by atoms with E-state index in [-0.39, 0.29) is 25.7 Å². The Morgan fingerprint density at radius 3 is 2.07 bits per heavy atom. The standard InChI is InChI=1S/C49H84O18P2/c1-3-5-7-8-9-10-11-12-13-14-15-16-17-18-19-20-26-30-43(53)65-39-35-63-42(52)29-25-22-21-24-27-37-31-34-41(51)40(33-32-38(50)28-23-6-4-2)45(55)48(66-68(58,59)60)49(47(57)46(56)44(37)54)67-69(61,62)64-36-39/h12-13,21,24,31-34,37-40,44-50,54-57H,3-11,14-20,22-23,25-30,35-36H2,1-2H3,(H,61,62)(H2,58,59,60)/b13-12-,24-21-,33-32+,34-31-/t37-,38-,39+,40-,44+,45+,46-,47+,48+,49-/m0/s1. The first-order valence-corrected chi connectivity index (χ1v) is 28.3. The van der Waals surface area contributed by atoms with Crippen molar-refractivity contribution < 1.29 is 86.8 Å². The van der Waals surface area contributed by atoms with Crippen LogP contribution in [0, 0.1) is 11.8 Å². The van der Waals surface area contributed by atoms with Gasteiger partial charge in [-0.2, -0.15) is 0 Å². The number of carbonyl (C=O) groups is 3. The van der Waals surface area contributed by atoms with Crippen LogP contribution in [0.25, 0.3) is 0 Å². The fraction of sp³-hybridized carbons (Fsp3) is 0.776. The lowest BCUT2D eigenvalue weighted by molar-refractivity contribution is -0.163. The van der Waals surface area contributed by atoms with Crippen molar-refractivity contribution in [1.82, 2.24) is 0 Å². The number of esters is 2. The minimum absolute atomic E-state index is 0.0266. The Bertz CT molecular complexity index is 1660. The first kappa shape index (κ1) is 62.7. The van der Waals surface area contributed by atoms with Gasteiger partial charge in [0, 0.05) is 18.8 Å². The summed E-state index contributed by atoms with van der Waals surface area (Å²) in [4.78, 5) is 70.5. The monoisotopic (exact) mass is 1020 g/mol. The third-order valence-electron chi connectivity index (χ3n) is 12.1. The summed E-state index contributed by atoms with van der Waals surface area (Å²) in [6.45, 7) is 2.61. The Labute approximate surface area is 409 Å². The first-order chi connectivity index (χ1) is 32.9.